The van der Waals surface area contributed by atoms with Crippen LogP contribution in [0.1, 0.15) is 19.4 Å². The maximum atomic E-state index is 12.0. The molecule has 0 amide bonds. The van der Waals surface area contributed by atoms with E-state index in [9.17, 15) is 8.78 Å². The smallest absolute Gasteiger partial charge is 0.272 e. The van der Waals surface area contributed by atoms with Crippen LogP contribution in [0.4, 0.5) is 8.78 Å². The van der Waals surface area contributed by atoms with Gasteiger partial charge in [-0.2, -0.15) is 0 Å². The van der Waals surface area contributed by atoms with Crippen LogP contribution in [0.15, 0.2) is 22.7 Å². The minimum atomic E-state index is -2.45. The Kier molecular flexibility index (Phi) is 5.85. The van der Waals surface area contributed by atoms with Crippen LogP contribution < -0.4 is 10.1 Å². The van der Waals surface area contributed by atoms with Crippen molar-refractivity contribution >= 4 is 15.9 Å². The molecule has 1 N–H and O–H groups in total. The lowest BCUT2D eigenvalue weighted by Crippen LogP contribution is -2.21. The lowest BCUT2D eigenvalue weighted by Gasteiger charge is -2.11. The van der Waals surface area contributed by atoms with Crippen LogP contribution in [0.2, 0.25) is 0 Å². The van der Waals surface area contributed by atoms with Gasteiger partial charge in [-0.25, -0.2) is 8.78 Å². The number of benzene rings is 1. The standard InChI is InChI=1S/C12H16BrF2NO/c1-8(2)16-6-9-3-4-11(10(13)5-9)17-7-12(14)15/h3-5,8,12,16H,6-7H2,1-2H3. The van der Waals surface area contributed by atoms with Crippen molar-refractivity contribution in [2.75, 3.05) is 6.61 Å². The van der Waals surface area contributed by atoms with E-state index < -0.39 is 13.0 Å². The molecule has 1 rings (SSSR count). The third-order valence-corrected chi connectivity index (χ3v) is 2.70. The van der Waals surface area contributed by atoms with Crippen LogP contribution in [-0.2, 0) is 6.54 Å². The first-order valence-electron chi connectivity index (χ1n) is 5.41. The predicted molar refractivity (Wildman–Crippen MR) is 67.6 cm³/mol. The summed E-state index contributed by atoms with van der Waals surface area (Å²) in [6.45, 7) is 4.29. The van der Waals surface area contributed by atoms with E-state index in [4.69, 9.17) is 4.74 Å². The van der Waals surface area contributed by atoms with Crippen LogP contribution in [-0.4, -0.2) is 19.1 Å². The van der Waals surface area contributed by atoms with Crippen molar-refractivity contribution in [2.24, 2.45) is 0 Å². The largest absolute Gasteiger partial charge is 0.486 e. The Bertz CT molecular complexity index is 358. The van der Waals surface area contributed by atoms with Crippen LogP contribution in [0.3, 0.4) is 0 Å². The zero-order valence-electron chi connectivity index (χ0n) is 9.84. The van der Waals surface area contributed by atoms with Crippen LogP contribution in [0, 0.1) is 0 Å². The Labute approximate surface area is 108 Å². The maximum absolute atomic E-state index is 12.0. The van der Waals surface area contributed by atoms with Gasteiger partial charge in [0.25, 0.3) is 6.43 Å². The second kappa shape index (κ2) is 6.91. The first-order chi connectivity index (χ1) is 7.99. The predicted octanol–water partition coefficient (Wildman–Crippen LogP) is 3.59. The molecule has 0 aliphatic carbocycles. The molecule has 0 fully saturated rings. The van der Waals surface area contributed by atoms with E-state index in [0.717, 1.165) is 12.1 Å². The summed E-state index contributed by atoms with van der Waals surface area (Å²) in [6.07, 6.45) is -2.45. The molecule has 0 spiro atoms. The van der Waals surface area contributed by atoms with Gasteiger partial charge >= 0.3 is 0 Å². The van der Waals surface area contributed by atoms with E-state index in [1.165, 1.54) is 0 Å². The third-order valence-electron chi connectivity index (χ3n) is 2.08. The second-order valence-corrected chi connectivity index (χ2v) is 4.86. The van der Waals surface area contributed by atoms with E-state index >= 15 is 0 Å². The number of ether oxygens (including phenoxy) is 1. The van der Waals surface area contributed by atoms with Gasteiger partial charge in [-0.15, -0.1) is 0 Å². The minimum absolute atomic E-state index is 0.406. The molecule has 0 bridgehead atoms. The quantitative estimate of drug-likeness (QED) is 0.867. The SMILES string of the molecule is CC(C)NCc1ccc(OCC(F)F)c(Br)c1. The van der Waals surface area contributed by atoms with Crippen LogP contribution >= 0.6 is 15.9 Å². The Hall–Kier alpha value is -0.680. The second-order valence-electron chi connectivity index (χ2n) is 4.00. The summed E-state index contributed by atoms with van der Waals surface area (Å²) in [4.78, 5) is 0. The van der Waals surface area contributed by atoms with Crippen LogP contribution in [0.5, 0.6) is 5.75 Å². The van der Waals surface area contributed by atoms with E-state index in [1.54, 1.807) is 6.07 Å². The number of rotatable bonds is 6. The third kappa shape index (κ3) is 5.46. The number of hydrogen-bond acceptors (Lipinski definition) is 2. The van der Waals surface area contributed by atoms with Gasteiger partial charge in [-0.1, -0.05) is 19.9 Å². The topological polar surface area (TPSA) is 21.3 Å². The van der Waals surface area contributed by atoms with E-state index in [2.05, 4.69) is 35.1 Å². The lowest BCUT2D eigenvalue weighted by molar-refractivity contribution is 0.0815. The van der Waals surface area contributed by atoms with Gasteiger partial charge in [0.05, 0.1) is 4.47 Å². The van der Waals surface area contributed by atoms with E-state index in [0.29, 0.717) is 16.3 Å². The lowest BCUT2D eigenvalue weighted by atomic mass is 10.2. The molecule has 0 radical (unpaired) electrons. The minimum Gasteiger partial charge on any atom is -0.486 e. The molecule has 2 nitrogen and oxygen atoms in total. The number of halogens is 3. The van der Waals surface area contributed by atoms with E-state index in [1.807, 2.05) is 12.1 Å². The molecule has 1 aromatic rings. The molecule has 0 aliphatic heterocycles. The first-order valence-corrected chi connectivity index (χ1v) is 6.21. The maximum Gasteiger partial charge on any atom is 0.272 e. The first kappa shape index (κ1) is 14.4. The Morgan fingerprint density at radius 1 is 1.35 bits per heavy atom. The zero-order chi connectivity index (χ0) is 12.8. The molecule has 96 valence electrons. The van der Waals surface area contributed by atoms with Crippen molar-refractivity contribution < 1.29 is 13.5 Å². The van der Waals surface area contributed by atoms with Crippen molar-refractivity contribution in [2.45, 2.75) is 32.9 Å². The highest BCUT2D eigenvalue weighted by Crippen LogP contribution is 2.26. The molecular formula is C12H16BrF2NO. The number of hydrogen-bond donors (Lipinski definition) is 1. The Morgan fingerprint density at radius 3 is 2.59 bits per heavy atom. The van der Waals surface area contributed by atoms with Crippen molar-refractivity contribution in [3.63, 3.8) is 0 Å². The van der Waals surface area contributed by atoms with Crippen molar-refractivity contribution in [3.8, 4) is 5.75 Å². The summed E-state index contributed by atoms with van der Waals surface area (Å²) in [5.41, 5.74) is 1.08. The molecule has 5 heteroatoms. The van der Waals surface area contributed by atoms with Crippen molar-refractivity contribution in [1.82, 2.24) is 5.32 Å². The van der Waals surface area contributed by atoms with Crippen molar-refractivity contribution in [1.29, 1.82) is 0 Å². The summed E-state index contributed by atoms with van der Waals surface area (Å²) in [5, 5.41) is 3.28. The molecule has 17 heavy (non-hydrogen) atoms. The van der Waals surface area contributed by atoms with Gasteiger partial charge in [0.1, 0.15) is 12.4 Å². The molecule has 0 saturated heterocycles. The molecule has 0 aromatic heterocycles. The summed E-state index contributed by atoms with van der Waals surface area (Å²) in [7, 11) is 0. The average Bonchev–Trinajstić information content (AvgIpc) is 2.24. The Balaban J connectivity index is 2.59. The fourth-order valence-electron chi connectivity index (χ4n) is 1.25. The van der Waals surface area contributed by atoms with Gasteiger partial charge in [0, 0.05) is 12.6 Å². The highest BCUT2D eigenvalue weighted by molar-refractivity contribution is 9.10. The molecule has 1 aromatic carbocycles. The number of alkyl halides is 2. The van der Waals surface area contributed by atoms with Gasteiger partial charge < -0.3 is 10.1 Å². The number of nitrogens with one attached hydrogen (secondary N) is 1. The highest BCUT2D eigenvalue weighted by Gasteiger charge is 2.07. The summed E-state index contributed by atoms with van der Waals surface area (Å²) in [5.74, 6) is 0.443. The molecule has 0 atom stereocenters. The fourth-order valence-corrected chi connectivity index (χ4v) is 1.79. The summed E-state index contributed by atoms with van der Waals surface area (Å²) >= 11 is 3.31. The monoisotopic (exact) mass is 307 g/mol. The van der Waals surface area contributed by atoms with Gasteiger partial charge in [-0.05, 0) is 33.6 Å². The molecule has 0 unspecified atom stereocenters. The van der Waals surface area contributed by atoms with Crippen molar-refractivity contribution in [3.05, 3.63) is 28.2 Å². The summed E-state index contributed by atoms with van der Waals surface area (Å²) in [6, 6.07) is 5.84. The molecule has 0 heterocycles. The van der Waals surface area contributed by atoms with E-state index in [-0.39, 0.29) is 0 Å². The molecular weight excluding hydrogens is 292 g/mol. The van der Waals surface area contributed by atoms with Gasteiger partial charge in [0.2, 0.25) is 0 Å². The molecule has 0 saturated carbocycles. The highest BCUT2D eigenvalue weighted by atomic mass is 79.9. The van der Waals surface area contributed by atoms with Gasteiger partial charge in [-0.3, -0.25) is 0 Å². The molecule has 0 aliphatic rings. The Morgan fingerprint density at radius 2 is 2.06 bits per heavy atom. The van der Waals surface area contributed by atoms with Crippen LogP contribution in [0.25, 0.3) is 0 Å². The summed E-state index contributed by atoms with van der Waals surface area (Å²) < 4.78 is 29.6. The average molecular weight is 308 g/mol. The zero-order valence-corrected chi connectivity index (χ0v) is 11.4. The normalized spacial score (nSPS) is 11.2. The van der Waals surface area contributed by atoms with Gasteiger partial charge in [0.15, 0.2) is 0 Å². The fraction of sp³-hybridized carbons (Fsp3) is 0.500.